The molecular weight excluding hydrogens is 487 g/mol. The number of aliphatic imine (C=N–C) groups is 1. The van der Waals surface area contributed by atoms with Crippen LogP contribution in [0.25, 0.3) is 0 Å². The maximum atomic E-state index is 12.2. The summed E-state index contributed by atoms with van der Waals surface area (Å²) in [6, 6.07) is 8.65. The molecular formula is C20H35IN4O2S. The summed E-state index contributed by atoms with van der Waals surface area (Å²) in [5, 5.41) is 3.22. The van der Waals surface area contributed by atoms with E-state index in [4.69, 9.17) is 0 Å². The molecule has 1 aliphatic heterocycles. The summed E-state index contributed by atoms with van der Waals surface area (Å²) in [7, 11) is -1.37. The van der Waals surface area contributed by atoms with Crippen molar-refractivity contribution in [2.75, 3.05) is 45.5 Å². The van der Waals surface area contributed by atoms with Crippen molar-refractivity contribution < 1.29 is 8.42 Å². The van der Waals surface area contributed by atoms with Crippen LogP contribution in [-0.4, -0.2) is 74.4 Å². The van der Waals surface area contributed by atoms with E-state index in [2.05, 4.69) is 51.3 Å². The van der Waals surface area contributed by atoms with Gasteiger partial charge in [0.25, 0.3) is 0 Å². The van der Waals surface area contributed by atoms with Crippen molar-refractivity contribution >= 4 is 39.8 Å². The Morgan fingerprint density at radius 2 is 1.82 bits per heavy atom. The monoisotopic (exact) mass is 522 g/mol. The molecule has 160 valence electrons. The lowest BCUT2D eigenvalue weighted by molar-refractivity contribution is 0.172. The Hall–Kier alpha value is -0.870. The average molecular weight is 522 g/mol. The van der Waals surface area contributed by atoms with Crippen molar-refractivity contribution in [3.8, 4) is 0 Å². The van der Waals surface area contributed by atoms with Crippen LogP contribution in [0.15, 0.2) is 29.3 Å². The van der Waals surface area contributed by atoms with Crippen molar-refractivity contribution in [1.82, 2.24) is 15.1 Å². The zero-order valence-electron chi connectivity index (χ0n) is 17.7. The van der Waals surface area contributed by atoms with Gasteiger partial charge in [0.2, 0.25) is 0 Å². The van der Waals surface area contributed by atoms with Crippen molar-refractivity contribution in [2.24, 2.45) is 4.99 Å². The molecule has 1 aromatic carbocycles. The second-order valence-electron chi connectivity index (χ2n) is 8.16. The fourth-order valence-corrected chi connectivity index (χ4v) is 4.11. The highest BCUT2D eigenvalue weighted by Crippen LogP contribution is 2.15. The Morgan fingerprint density at radius 1 is 1.18 bits per heavy atom. The van der Waals surface area contributed by atoms with Crippen molar-refractivity contribution in [2.45, 2.75) is 39.0 Å². The first kappa shape index (κ1) is 25.2. The summed E-state index contributed by atoms with van der Waals surface area (Å²) >= 11 is 0. The Morgan fingerprint density at radius 3 is 2.36 bits per heavy atom. The summed E-state index contributed by atoms with van der Waals surface area (Å²) in [6.45, 7) is 12.4. The number of halogens is 1. The molecule has 0 saturated carbocycles. The number of aryl methyl sites for hydroxylation is 1. The zero-order chi connectivity index (χ0) is 20.1. The van der Waals surface area contributed by atoms with Crippen LogP contribution in [0.1, 0.15) is 31.9 Å². The molecule has 28 heavy (non-hydrogen) atoms. The fourth-order valence-electron chi connectivity index (χ4n) is 3.12. The van der Waals surface area contributed by atoms with E-state index in [9.17, 15) is 8.42 Å². The van der Waals surface area contributed by atoms with Gasteiger partial charge in [-0.05, 0) is 33.3 Å². The third-order valence-electron chi connectivity index (χ3n) is 4.96. The van der Waals surface area contributed by atoms with Crippen molar-refractivity contribution in [1.29, 1.82) is 0 Å². The Labute approximate surface area is 187 Å². The number of sulfone groups is 1. The van der Waals surface area contributed by atoms with Crippen molar-refractivity contribution in [3.05, 3.63) is 35.4 Å². The second kappa shape index (κ2) is 10.8. The highest BCUT2D eigenvalue weighted by molar-refractivity contribution is 14.0. The highest BCUT2D eigenvalue weighted by Gasteiger charge is 2.28. The normalized spacial score (nSPS) is 16.6. The molecule has 0 aliphatic carbocycles. The molecule has 1 N–H and O–H groups in total. The molecule has 0 aromatic heterocycles. The van der Waals surface area contributed by atoms with Gasteiger partial charge in [0.05, 0.1) is 10.5 Å². The molecule has 1 aliphatic rings. The van der Waals surface area contributed by atoms with Gasteiger partial charge in [-0.2, -0.15) is 0 Å². The van der Waals surface area contributed by atoms with Crippen LogP contribution in [0.5, 0.6) is 0 Å². The molecule has 0 unspecified atom stereocenters. The zero-order valence-corrected chi connectivity index (χ0v) is 20.9. The summed E-state index contributed by atoms with van der Waals surface area (Å²) in [5.41, 5.74) is 2.64. The largest absolute Gasteiger partial charge is 0.355 e. The first-order valence-electron chi connectivity index (χ1n) is 9.58. The number of guanidine groups is 1. The van der Waals surface area contributed by atoms with Gasteiger partial charge < -0.3 is 10.2 Å². The smallest absolute Gasteiger partial charge is 0.193 e. The van der Waals surface area contributed by atoms with Gasteiger partial charge in [0.1, 0.15) is 0 Å². The standard InChI is InChI=1S/C20H34N4O2S.HI/c1-17-7-6-8-18(15-17)16-23-10-12-24(13-11-23)19(21-5)22-9-14-27(25,26)20(2,3)4;/h6-8,15H,9-14,16H2,1-5H3,(H,21,22);1H. The minimum absolute atomic E-state index is 0. The Balaban J connectivity index is 0.00000392. The number of nitrogens with one attached hydrogen (secondary N) is 1. The van der Waals surface area contributed by atoms with Gasteiger partial charge >= 0.3 is 0 Å². The van der Waals surface area contributed by atoms with Gasteiger partial charge in [-0.25, -0.2) is 8.42 Å². The molecule has 0 amide bonds. The molecule has 0 spiro atoms. The van der Waals surface area contributed by atoms with Crippen LogP contribution in [0.2, 0.25) is 0 Å². The minimum atomic E-state index is -3.12. The maximum Gasteiger partial charge on any atom is 0.193 e. The molecule has 0 radical (unpaired) electrons. The lowest BCUT2D eigenvalue weighted by Crippen LogP contribution is -2.52. The van der Waals surface area contributed by atoms with Gasteiger partial charge in [-0.15, -0.1) is 24.0 Å². The van der Waals surface area contributed by atoms with E-state index >= 15 is 0 Å². The van der Waals surface area contributed by atoms with E-state index in [1.165, 1.54) is 11.1 Å². The molecule has 2 rings (SSSR count). The highest BCUT2D eigenvalue weighted by atomic mass is 127. The Kier molecular flexibility index (Phi) is 9.69. The van der Waals surface area contributed by atoms with Crippen LogP contribution in [0, 0.1) is 6.92 Å². The number of hydrogen-bond donors (Lipinski definition) is 1. The van der Waals surface area contributed by atoms with Gasteiger partial charge in [0, 0.05) is 46.3 Å². The van der Waals surface area contributed by atoms with E-state index in [1.807, 2.05) is 0 Å². The van der Waals surface area contributed by atoms with E-state index in [-0.39, 0.29) is 29.7 Å². The van der Waals surface area contributed by atoms with Crippen molar-refractivity contribution in [3.63, 3.8) is 0 Å². The predicted octanol–water partition coefficient (Wildman–Crippen LogP) is 2.52. The molecule has 0 atom stereocenters. The summed E-state index contributed by atoms with van der Waals surface area (Å²) in [6.07, 6.45) is 0. The molecule has 1 fully saturated rings. The van der Waals surface area contributed by atoms with E-state index in [0.29, 0.717) is 6.54 Å². The second-order valence-corrected chi connectivity index (χ2v) is 11.0. The first-order valence-corrected chi connectivity index (χ1v) is 11.2. The van der Waals surface area contributed by atoms with E-state index < -0.39 is 14.6 Å². The summed E-state index contributed by atoms with van der Waals surface area (Å²) < 4.78 is 23.8. The number of nitrogens with zero attached hydrogens (tertiary/aromatic N) is 3. The van der Waals surface area contributed by atoms with Gasteiger partial charge in [-0.3, -0.25) is 9.89 Å². The maximum absolute atomic E-state index is 12.2. The number of benzene rings is 1. The number of hydrogen-bond acceptors (Lipinski definition) is 4. The van der Waals surface area contributed by atoms with Crippen LogP contribution in [-0.2, 0) is 16.4 Å². The van der Waals surface area contributed by atoms with Crippen LogP contribution in [0.4, 0.5) is 0 Å². The minimum Gasteiger partial charge on any atom is -0.355 e. The summed E-state index contributed by atoms with van der Waals surface area (Å²) in [4.78, 5) is 8.98. The van der Waals surface area contributed by atoms with Crippen LogP contribution in [0.3, 0.4) is 0 Å². The predicted molar refractivity (Wildman–Crippen MR) is 128 cm³/mol. The molecule has 8 heteroatoms. The van der Waals surface area contributed by atoms with Gasteiger partial charge in [0.15, 0.2) is 15.8 Å². The van der Waals surface area contributed by atoms with Gasteiger partial charge in [-0.1, -0.05) is 29.8 Å². The molecule has 0 bridgehead atoms. The third kappa shape index (κ3) is 7.18. The SMILES string of the molecule is CN=C(NCCS(=O)(=O)C(C)(C)C)N1CCN(Cc2cccc(C)c2)CC1.I. The molecule has 6 nitrogen and oxygen atoms in total. The number of rotatable bonds is 5. The molecule has 1 aromatic rings. The first-order chi connectivity index (χ1) is 12.6. The summed E-state index contributed by atoms with van der Waals surface area (Å²) in [5.74, 6) is 0.900. The number of piperazine rings is 1. The van der Waals surface area contributed by atoms with E-state index in [0.717, 1.165) is 38.7 Å². The quantitative estimate of drug-likeness (QED) is 0.366. The lowest BCUT2D eigenvalue weighted by atomic mass is 10.1. The Bertz CT molecular complexity index is 752. The average Bonchev–Trinajstić information content (AvgIpc) is 2.59. The topological polar surface area (TPSA) is 65.0 Å². The van der Waals surface area contributed by atoms with Crippen LogP contribution < -0.4 is 5.32 Å². The van der Waals surface area contributed by atoms with E-state index in [1.54, 1.807) is 27.8 Å². The lowest BCUT2D eigenvalue weighted by Gasteiger charge is -2.36. The molecule has 1 heterocycles. The third-order valence-corrected chi connectivity index (χ3v) is 7.57. The van der Waals surface area contributed by atoms with Crippen LogP contribution >= 0.6 is 24.0 Å². The molecule has 1 saturated heterocycles. The fraction of sp³-hybridized carbons (Fsp3) is 0.650.